The van der Waals surface area contributed by atoms with Gasteiger partial charge in [-0.3, -0.25) is 14.9 Å². The van der Waals surface area contributed by atoms with E-state index >= 15 is 0 Å². The molecule has 2 unspecified atom stereocenters. The van der Waals surface area contributed by atoms with Crippen LogP contribution < -0.4 is 16.0 Å². The highest BCUT2D eigenvalue weighted by Gasteiger charge is 2.34. The van der Waals surface area contributed by atoms with E-state index in [1.54, 1.807) is 6.92 Å². The van der Waals surface area contributed by atoms with Gasteiger partial charge in [0.05, 0.1) is 10.9 Å². The Bertz CT molecular complexity index is 608. The van der Waals surface area contributed by atoms with Crippen molar-refractivity contribution in [2.24, 2.45) is 5.92 Å². The number of hydrogen-bond acceptors (Lipinski definition) is 3. The minimum Gasteiger partial charge on any atom is -0.335 e. The fourth-order valence-corrected chi connectivity index (χ4v) is 2.21. The van der Waals surface area contributed by atoms with Crippen LogP contribution >= 0.6 is 11.6 Å². The molecule has 1 saturated heterocycles. The van der Waals surface area contributed by atoms with E-state index in [9.17, 15) is 18.8 Å². The van der Waals surface area contributed by atoms with Gasteiger partial charge in [-0.25, -0.2) is 9.18 Å². The number of amides is 4. The van der Waals surface area contributed by atoms with E-state index in [0.717, 1.165) is 6.07 Å². The van der Waals surface area contributed by atoms with Gasteiger partial charge in [0.2, 0.25) is 11.8 Å². The first-order chi connectivity index (χ1) is 9.86. The molecular weight excluding hydrogens is 301 g/mol. The summed E-state index contributed by atoms with van der Waals surface area (Å²) in [5.74, 6) is -2.18. The molecule has 1 fully saturated rings. The molecule has 2 atom stereocenters. The first kappa shape index (κ1) is 15.2. The van der Waals surface area contributed by atoms with E-state index < -0.39 is 35.6 Å². The molecule has 112 valence electrons. The van der Waals surface area contributed by atoms with Gasteiger partial charge in [-0.05, 0) is 25.1 Å². The smallest absolute Gasteiger partial charge is 0.321 e. The van der Waals surface area contributed by atoms with E-state index in [0.29, 0.717) is 5.69 Å². The van der Waals surface area contributed by atoms with Crippen LogP contribution in [0.25, 0.3) is 0 Å². The van der Waals surface area contributed by atoms with Gasteiger partial charge in [-0.15, -0.1) is 0 Å². The predicted octanol–water partition coefficient (Wildman–Crippen LogP) is 1.65. The van der Waals surface area contributed by atoms with E-state index in [1.165, 1.54) is 12.1 Å². The van der Waals surface area contributed by atoms with Crippen LogP contribution in [-0.4, -0.2) is 23.9 Å². The predicted molar refractivity (Wildman–Crippen MR) is 74.3 cm³/mol. The molecule has 1 aliphatic rings. The Morgan fingerprint density at radius 1 is 1.43 bits per heavy atom. The number of imide groups is 1. The van der Waals surface area contributed by atoms with Crippen LogP contribution in [0.3, 0.4) is 0 Å². The van der Waals surface area contributed by atoms with Crippen molar-refractivity contribution in [1.29, 1.82) is 0 Å². The van der Waals surface area contributed by atoms with Crippen molar-refractivity contribution in [2.45, 2.75) is 19.4 Å². The number of hydrogen-bond donors (Lipinski definition) is 3. The molecule has 1 aromatic rings. The molecule has 1 aromatic carbocycles. The van der Waals surface area contributed by atoms with Crippen LogP contribution in [0.2, 0.25) is 5.02 Å². The molecule has 2 rings (SSSR count). The van der Waals surface area contributed by atoms with Gasteiger partial charge in [0.1, 0.15) is 5.82 Å². The molecule has 0 aromatic heterocycles. The molecule has 21 heavy (non-hydrogen) atoms. The van der Waals surface area contributed by atoms with Gasteiger partial charge in [0.15, 0.2) is 0 Å². The maximum atomic E-state index is 13.0. The van der Waals surface area contributed by atoms with Gasteiger partial charge < -0.3 is 10.6 Å². The topological polar surface area (TPSA) is 87.3 Å². The highest BCUT2D eigenvalue weighted by Crippen LogP contribution is 2.20. The summed E-state index contributed by atoms with van der Waals surface area (Å²) < 4.78 is 13.0. The summed E-state index contributed by atoms with van der Waals surface area (Å²) in [6.45, 7) is 1.64. The average Bonchev–Trinajstić information content (AvgIpc) is 2.38. The summed E-state index contributed by atoms with van der Waals surface area (Å²) in [7, 11) is 0. The number of carbonyl (C=O) groups is 3. The molecule has 0 aliphatic carbocycles. The second-order valence-corrected chi connectivity index (χ2v) is 5.15. The van der Waals surface area contributed by atoms with Gasteiger partial charge in [0, 0.05) is 18.2 Å². The molecule has 4 amide bonds. The largest absolute Gasteiger partial charge is 0.335 e. The van der Waals surface area contributed by atoms with Crippen molar-refractivity contribution in [3.63, 3.8) is 0 Å². The van der Waals surface area contributed by atoms with E-state index in [4.69, 9.17) is 11.6 Å². The van der Waals surface area contributed by atoms with Crippen molar-refractivity contribution in [2.75, 3.05) is 5.32 Å². The van der Waals surface area contributed by atoms with E-state index in [-0.39, 0.29) is 11.4 Å². The first-order valence-electron chi connectivity index (χ1n) is 6.23. The monoisotopic (exact) mass is 313 g/mol. The lowest BCUT2D eigenvalue weighted by atomic mass is 9.94. The number of benzene rings is 1. The summed E-state index contributed by atoms with van der Waals surface area (Å²) in [5.41, 5.74) is 0.333. The minimum atomic E-state index is -0.668. The highest BCUT2D eigenvalue weighted by molar-refractivity contribution is 6.31. The zero-order chi connectivity index (χ0) is 15.6. The number of rotatable bonds is 3. The maximum absolute atomic E-state index is 13.0. The number of carbonyl (C=O) groups excluding carboxylic acids is 3. The summed E-state index contributed by atoms with van der Waals surface area (Å²) >= 11 is 5.61. The third-order valence-corrected chi connectivity index (χ3v) is 3.43. The quantitative estimate of drug-likeness (QED) is 0.793. The van der Waals surface area contributed by atoms with Gasteiger partial charge in [0.25, 0.3) is 0 Å². The number of anilines is 1. The Morgan fingerprint density at radius 3 is 2.76 bits per heavy atom. The van der Waals surface area contributed by atoms with E-state index in [2.05, 4.69) is 16.0 Å². The summed E-state index contributed by atoms with van der Waals surface area (Å²) in [6.07, 6.45) is -0.109. The van der Waals surface area contributed by atoms with Crippen LogP contribution in [0, 0.1) is 11.7 Å². The van der Waals surface area contributed by atoms with Crippen LogP contribution in [0.1, 0.15) is 13.3 Å². The molecule has 8 heteroatoms. The summed E-state index contributed by atoms with van der Waals surface area (Å²) in [5, 5.41) is 7.05. The molecule has 1 heterocycles. The van der Waals surface area contributed by atoms with Crippen molar-refractivity contribution >= 4 is 35.1 Å². The number of urea groups is 1. The SMILES string of the molecule is CC1NC(=O)NC(=O)C1CC(=O)Nc1ccc(F)c(Cl)c1. The molecule has 6 nitrogen and oxygen atoms in total. The second kappa shape index (κ2) is 6.09. The number of halogens is 2. The standard InChI is InChI=1S/C13H13ClFN3O3/c1-6-8(12(20)18-13(21)16-6)5-11(19)17-7-2-3-10(15)9(14)4-7/h2-4,6,8H,5H2,1H3,(H,17,19)(H2,16,18,20,21). The van der Waals surface area contributed by atoms with Gasteiger partial charge >= 0.3 is 6.03 Å². The first-order valence-corrected chi connectivity index (χ1v) is 6.61. The summed E-state index contributed by atoms with van der Waals surface area (Å²) in [6, 6.07) is 2.75. The minimum absolute atomic E-state index is 0.108. The van der Waals surface area contributed by atoms with Crippen LogP contribution in [-0.2, 0) is 9.59 Å². The van der Waals surface area contributed by atoms with Crippen molar-refractivity contribution in [1.82, 2.24) is 10.6 Å². The Hall–Kier alpha value is -2.15. The molecule has 0 bridgehead atoms. The van der Waals surface area contributed by atoms with Crippen molar-refractivity contribution in [3.8, 4) is 0 Å². The fraction of sp³-hybridized carbons (Fsp3) is 0.308. The second-order valence-electron chi connectivity index (χ2n) is 4.74. The lowest BCUT2D eigenvalue weighted by Gasteiger charge is -2.28. The summed E-state index contributed by atoms with van der Waals surface area (Å²) in [4.78, 5) is 34.7. The maximum Gasteiger partial charge on any atom is 0.321 e. The normalized spacial score (nSPS) is 21.5. The zero-order valence-corrected chi connectivity index (χ0v) is 11.8. The molecule has 0 saturated carbocycles. The zero-order valence-electron chi connectivity index (χ0n) is 11.1. The molecular formula is C13H13ClFN3O3. The van der Waals surface area contributed by atoms with Gasteiger partial charge in [-0.2, -0.15) is 0 Å². The number of nitrogens with one attached hydrogen (secondary N) is 3. The van der Waals surface area contributed by atoms with Gasteiger partial charge in [-0.1, -0.05) is 11.6 Å². The third kappa shape index (κ3) is 3.69. The lowest BCUT2D eigenvalue weighted by Crippen LogP contribution is -2.57. The third-order valence-electron chi connectivity index (χ3n) is 3.14. The molecule has 0 radical (unpaired) electrons. The van der Waals surface area contributed by atoms with Crippen molar-refractivity contribution < 1.29 is 18.8 Å². The fourth-order valence-electron chi connectivity index (χ4n) is 2.03. The van der Waals surface area contributed by atoms with E-state index in [1.807, 2.05) is 0 Å². The Morgan fingerprint density at radius 2 is 2.14 bits per heavy atom. The van der Waals surface area contributed by atoms with Crippen LogP contribution in [0.5, 0.6) is 0 Å². The molecule has 1 aliphatic heterocycles. The van der Waals surface area contributed by atoms with Crippen LogP contribution in [0.4, 0.5) is 14.9 Å². The lowest BCUT2D eigenvalue weighted by molar-refractivity contribution is -0.129. The molecule has 0 spiro atoms. The average molecular weight is 314 g/mol. The Balaban J connectivity index is 1.99. The van der Waals surface area contributed by atoms with Crippen LogP contribution in [0.15, 0.2) is 18.2 Å². The Kier molecular flexibility index (Phi) is 4.42. The van der Waals surface area contributed by atoms with Crippen molar-refractivity contribution in [3.05, 3.63) is 29.0 Å². The Labute approximate surface area is 125 Å². The molecule has 3 N–H and O–H groups in total. The highest BCUT2D eigenvalue weighted by atomic mass is 35.5.